The molecule has 72 valence electrons. The van der Waals surface area contributed by atoms with Crippen molar-refractivity contribution in [1.29, 1.82) is 0 Å². The first kappa shape index (κ1) is 9.77. The lowest BCUT2D eigenvalue weighted by Gasteiger charge is -2.21. The zero-order valence-corrected chi connectivity index (χ0v) is 7.73. The molecule has 2 atom stereocenters. The summed E-state index contributed by atoms with van der Waals surface area (Å²) in [4.78, 5) is 23.1. The molecule has 0 spiro atoms. The van der Waals surface area contributed by atoms with E-state index in [1.807, 2.05) is 0 Å². The van der Waals surface area contributed by atoms with Gasteiger partial charge in [-0.2, -0.15) is 0 Å². The number of hydrogen-bond acceptors (Lipinski definition) is 2. The molecule has 1 aliphatic rings. The van der Waals surface area contributed by atoms with E-state index in [0.717, 1.165) is 0 Å². The van der Waals surface area contributed by atoms with Gasteiger partial charge in [0, 0.05) is 14.0 Å². The van der Waals surface area contributed by atoms with Gasteiger partial charge in [-0.1, -0.05) is 12.2 Å². The molecule has 13 heavy (non-hydrogen) atoms. The van der Waals surface area contributed by atoms with Crippen LogP contribution >= 0.6 is 0 Å². The summed E-state index contributed by atoms with van der Waals surface area (Å²) < 4.78 is 0. The number of rotatable bonds is 2. The number of nitrogens with zero attached hydrogens (tertiary/aromatic N) is 1. The summed E-state index contributed by atoms with van der Waals surface area (Å²) in [7, 11) is 1.68. The highest BCUT2D eigenvalue weighted by molar-refractivity contribution is 5.75. The smallest absolute Gasteiger partial charge is 0.310 e. The molecule has 0 radical (unpaired) electrons. The van der Waals surface area contributed by atoms with Gasteiger partial charge < -0.3 is 10.0 Å². The zero-order chi connectivity index (χ0) is 10.0. The Morgan fingerprint density at radius 3 is 2.46 bits per heavy atom. The Kier molecular flexibility index (Phi) is 2.70. The Labute approximate surface area is 76.8 Å². The average Bonchev–Trinajstić information content (AvgIpc) is 2.50. The number of carboxylic acid groups (broad SMARTS) is 1. The molecule has 0 aromatic carbocycles. The van der Waals surface area contributed by atoms with Crippen molar-refractivity contribution in [3.63, 3.8) is 0 Å². The molecular weight excluding hydrogens is 170 g/mol. The molecule has 1 N–H and O–H groups in total. The summed E-state index contributed by atoms with van der Waals surface area (Å²) in [6, 6.07) is -0.0569. The van der Waals surface area contributed by atoms with Crippen LogP contribution in [-0.2, 0) is 9.59 Å². The van der Waals surface area contributed by atoms with Crippen LogP contribution in [0.2, 0.25) is 0 Å². The second kappa shape index (κ2) is 3.60. The normalized spacial score (nSPS) is 26.0. The molecule has 0 fully saturated rings. The van der Waals surface area contributed by atoms with Crippen LogP contribution in [0.1, 0.15) is 13.3 Å². The van der Waals surface area contributed by atoms with Crippen LogP contribution in [0, 0.1) is 5.92 Å². The Morgan fingerprint density at radius 1 is 1.46 bits per heavy atom. The highest BCUT2D eigenvalue weighted by Crippen LogP contribution is 2.21. The second-order valence-electron chi connectivity index (χ2n) is 3.26. The fraction of sp³-hybridized carbons (Fsp3) is 0.556. The summed E-state index contributed by atoms with van der Waals surface area (Å²) in [5, 5.41) is 8.70. The molecule has 0 saturated heterocycles. The predicted molar refractivity (Wildman–Crippen MR) is 47.1 cm³/mol. The molecule has 1 amide bonds. The number of aliphatic carboxylic acids is 1. The number of carbonyl (C=O) groups is 2. The van der Waals surface area contributed by atoms with E-state index in [1.54, 1.807) is 24.1 Å². The fourth-order valence-electron chi connectivity index (χ4n) is 1.38. The van der Waals surface area contributed by atoms with Gasteiger partial charge in [-0.25, -0.2) is 0 Å². The predicted octanol–water partition coefficient (Wildman–Crippen LogP) is 0.494. The quantitative estimate of drug-likeness (QED) is 0.634. The topological polar surface area (TPSA) is 57.6 Å². The van der Waals surface area contributed by atoms with Gasteiger partial charge in [-0.15, -0.1) is 0 Å². The molecule has 1 rings (SSSR count). The first-order chi connectivity index (χ1) is 6.02. The van der Waals surface area contributed by atoms with Gasteiger partial charge in [0.25, 0.3) is 0 Å². The summed E-state index contributed by atoms with van der Waals surface area (Å²) in [5.41, 5.74) is 0. The van der Waals surface area contributed by atoms with Crippen molar-refractivity contribution in [2.45, 2.75) is 19.4 Å². The Bertz CT molecular complexity index is 260. The maximum absolute atomic E-state index is 11.0. The maximum Gasteiger partial charge on any atom is 0.310 e. The third-order valence-electron chi connectivity index (χ3n) is 2.37. The van der Waals surface area contributed by atoms with E-state index in [9.17, 15) is 9.59 Å². The van der Waals surface area contributed by atoms with Crippen LogP contribution in [0.5, 0.6) is 0 Å². The maximum atomic E-state index is 11.0. The van der Waals surface area contributed by atoms with Crippen molar-refractivity contribution < 1.29 is 14.7 Å². The van der Waals surface area contributed by atoms with Crippen molar-refractivity contribution in [1.82, 2.24) is 4.90 Å². The van der Waals surface area contributed by atoms with E-state index < -0.39 is 11.9 Å². The minimum Gasteiger partial charge on any atom is -0.481 e. The van der Waals surface area contributed by atoms with Crippen LogP contribution in [-0.4, -0.2) is 35.0 Å². The highest BCUT2D eigenvalue weighted by atomic mass is 16.4. The first-order valence-corrected chi connectivity index (χ1v) is 4.17. The number of carboxylic acids is 1. The lowest BCUT2D eigenvalue weighted by molar-refractivity contribution is -0.140. The molecule has 2 unspecified atom stereocenters. The minimum absolute atomic E-state index is 0.0410. The first-order valence-electron chi connectivity index (χ1n) is 4.17. The Hall–Kier alpha value is -1.32. The summed E-state index contributed by atoms with van der Waals surface area (Å²) in [6.07, 6.45) is 3.91. The van der Waals surface area contributed by atoms with E-state index >= 15 is 0 Å². The SMILES string of the molecule is CC(=O)N(C)C1C=CC(C(=O)O)C1. The molecule has 0 aliphatic heterocycles. The second-order valence-corrected chi connectivity index (χ2v) is 3.26. The van der Waals surface area contributed by atoms with Crippen LogP contribution in [0.4, 0.5) is 0 Å². The minimum atomic E-state index is -0.823. The van der Waals surface area contributed by atoms with Gasteiger partial charge in [0.05, 0.1) is 12.0 Å². The van der Waals surface area contributed by atoms with E-state index in [2.05, 4.69) is 0 Å². The molecule has 0 aromatic rings. The molecule has 0 aromatic heterocycles. The molecule has 4 nitrogen and oxygen atoms in total. The van der Waals surface area contributed by atoms with Crippen molar-refractivity contribution in [2.24, 2.45) is 5.92 Å². The largest absolute Gasteiger partial charge is 0.481 e. The van der Waals surface area contributed by atoms with Gasteiger partial charge in [-0.3, -0.25) is 9.59 Å². The molecule has 4 heteroatoms. The average molecular weight is 183 g/mol. The molecule has 1 aliphatic carbocycles. The van der Waals surface area contributed by atoms with Crippen molar-refractivity contribution in [2.75, 3.05) is 7.05 Å². The highest BCUT2D eigenvalue weighted by Gasteiger charge is 2.27. The molecule has 0 bridgehead atoms. The van der Waals surface area contributed by atoms with Gasteiger partial charge in [0.2, 0.25) is 5.91 Å². The van der Waals surface area contributed by atoms with Crippen LogP contribution in [0.3, 0.4) is 0 Å². The number of likely N-dealkylation sites (N-methyl/N-ethyl adjacent to an activating group) is 1. The monoisotopic (exact) mass is 183 g/mol. The van der Waals surface area contributed by atoms with Gasteiger partial charge in [0.15, 0.2) is 0 Å². The summed E-state index contributed by atoms with van der Waals surface area (Å²) in [5.74, 6) is -1.30. The van der Waals surface area contributed by atoms with Gasteiger partial charge in [0.1, 0.15) is 0 Å². The van der Waals surface area contributed by atoms with Crippen molar-refractivity contribution in [3.05, 3.63) is 12.2 Å². The van der Waals surface area contributed by atoms with E-state index in [-0.39, 0.29) is 11.9 Å². The number of carbonyl (C=O) groups excluding carboxylic acids is 1. The number of amides is 1. The van der Waals surface area contributed by atoms with Crippen LogP contribution in [0.15, 0.2) is 12.2 Å². The van der Waals surface area contributed by atoms with E-state index in [0.29, 0.717) is 6.42 Å². The van der Waals surface area contributed by atoms with Crippen molar-refractivity contribution >= 4 is 11.9 Å². The van der Waals surface area contributed by atoms with Gasteiger partial charge >= 0.3 is 5.97 Å². The van der Waals surface area contributed by atoms with E-state index in [1.165, 1.54) is 6.92 Å². The van der Waals surface area contributed by atoms with Crippen LogP contribution in [0.25, 0.3) is 0 Å². The Balaban J connectivity index is 2.56. The van der Waals surface area contributed by atoms with E-state index in [4.69, 9.17) is 5.11 Å². The zero-order valence-electron chi connectivity index (χ0n) is 7.73. The molecule has 0 heterocycles. The van der Waals surface area contributed by atoms with Crippen LogP contribution < -0.4 is 0 Å². The Morgan fingerprint density at radius 2 is 2.08 bits per heavy atom. The fourth-order valence-corrected chi connectivity index (χ4v) is 1.38. The lowest BCUT2D eigenvalue weighted by Crippen LogP contribution is -2.33. The summed E-state index contributed by atoms with van der Waals surface area (Å²) in [6.45, 7) is 1.47. The standard InChI is InChI=1S/C9H13NO3/c1-6(11)10(2)8-4-3-7(5-8)9(12)13/h3-4,7-8H,5H2,1-2H3,(H,12,13). The number of hydrogen-bond donors (Lipinski definition) is 1. The molecule has 0 saturated carbocycles. The third kappa shape index (κ3) is 2.08. The van der Waals surface area contributed by atoms with Gasteiger partial charge in [-0.05, 0) is 6.42 Å². The third-order valence-corrected chi connectivity index (χ3v) is 2.37. The summed E-state index contributed by atoms with van der Waals surface area (Å²) >= 11 is 0. The molecular formula is C9H13NO3. The van der Waals surface area contributed by atoms with Crippen molar-refractivity contribution in [3.8, 4) is 0 Å². The lowest BCUT2D eigenvalue weighted by atomic mass is 10.1.